The van der Waals surface area contributed by atoms with Crippen LogP contribution in [0.4, 0.5) is 5.69 Å². The molecule has 0 bridgehead atoms. The highest BCUT2D eigenvalue weighted by Crippen LogP contribution is 2.14. The van der Waals surface area contributed by atoms with E-state index in [0.29, 0.717) is 16.3 Å². The van der Waals surface area contributed by atoms with E-state index in [1.807, 2.05) is 56.3 Å². The molecular weight excluding hydrogens is 298 g/mol. The van der Waals surface area contributed by atoms with E-state index in [9.17, 15) is 4.79 Å². The molecule has 4 nitrogen and oxygen atoms in total. The Kier molecular flexibility index (Phi) is 5.17. The third-order valence-corrected chi connectivity index (χ3v) is 3.43. The molecule has 2 aromatic rings. The number of halogens is 1. The van der Waals surface area contributed by atoms with Gasteiger partial charge < -0.3 is 4.90 Å². The number of rotatable bonds is 4. The van der Waals surface area contributed by atoms with Gasteiger partial charge in [-0.3, -0.25) is 4.79 Å². The van der Waals surface area contributed by atoms with Crippen molar-refractivity contribution in [1.29, 1.82) is 0 Å². The first-order valence-electron chi connectivity index (χ1n) is 6.85. The molecule has 2 aromatic carbocycles. The van der Waals surface area contributed by atoms with Crippen LogP contribution in [-0.2, 0) is 0 Å². The number of amides is 1. The zero-order chi connectivity index (χ0) is 16.1. The number of nitrogens with one attached hydrogen (secondary N) is 1. The van der Waals surface area contributed by atoms with E-state index < -0.39 is 0 Å². The lowest BCUT2D eigenvalue weighted by molar-refractivity contribution is 0.0955. The van der Waals surface area contributed by atoms with Crippen LogP contribution in [0.3, 0.4) is 0 Å². The fraction of sp³-hybridized carbons (Fsp3) is 0.176. The van der Waals surface area contributed by atoms with Crippen molar-refractivity contribution in [2.45, 2.75) is 6.92 Å². The Labute approximate surface area is 135 Å². The number of hydrazone groups is 1. The predicted molar refractivity (Wildman–Crippen MR) is 91.9 cm³/mol. The Bertz CT molecular complexity index is 711. The summed E-state index contributed by atoms with van der Waals surface area (Å²) in [6.45, 7) is 1.82. The highest BCUT2D eigenvalue weighted by molar-refractivity contribution is 6.31. The minimum atomic E-state index is -0.245. The summed E-state index contributed by atoms with van der Waals surface area (Å²) in [7, 11) is 3.86. The Morgan fingerprint density at radius 2 is 1.77 bits per heavy atom. The van der Waals surface area contributed by atoms with Crippen LogP contribution in [0.5, 0.6) is 0 Å². The van der Waals surface area contributed by atoms with Crippen LogP contribution in [0.15, 0.2) is 53.6 Å². The molecule has 114 valence electrons. The maximum absolute atomic E-state index is 12.2. The second-order valence-electron chi connectivity index (χ2n) is 5.09. The molecule has 0 aliphatic rings. The average Bonchev–Trinajstić information content (AvgIpc) is 2.52. The fourth-order valence-corrected chi connectivity index (χ4v) is 2.09. The van der Waals surface area contributed by atoms with E-state index in [-0.39, 0.29) is 5.91 Å². The van der Waals surface area contributed by atoms with Crippen molar-refractivity contribution in [3.8, 4) is 0 Å². The van der Waals surface area contributed by atoms with Gasteiger partial charge in [-0.1, -0.05) is 29.8 Å². The first-order chi connectivity index (χ1) is 10.5. The third kappa shape index (κ3) is 4.09. The van der Waals surface area contributed by atoms with Crippen molar-refractivity contribution in [3.63, 3.8) is 0 Å². The molecular formula is C17H18ClN3O. The molecule has 0 aliphatic heterocycles. The Hall–Kier alpha value is -2.33. The summed E-state index contributed by atoms with van der Waals surface area (Å²) >= 11 is 5.95. The van der Waals surface area contributed by atoms with Crippen LogP contribution < -0.4 is 10.3 Å². The summed E-state index contributed by atoms with van der Waals surface area (Å²) < 4.78 is 0. The van der Waals surface area contributed by atoms with E-state index in [4.69, 9.17) is 11.6 Å². The van der Waals surface area contributed by atoms with E-state index in [1.165, 1.54) is 0 Å². The third-order valence-electron chi connectivity index (χ3n) is 3.19. The minimum absolute atomic E-state index is 0.245. The topological polar surface area (TPSA) is 44.7 Å². The van der Waals surface area contributed by atoms with E-state index in [1.54, 1.807) is 18.2 Å². The zero-order valence-electron chi connectivity index (χ0n) is 12.8. The first-order valence-corrected chi connectivity index (χ1v) is 7.23. The average molecular weight is 316 g/mol. The molecule has 0 saturated heterocycles. The van der Waals surface area contributed by atoms with Crippen LogP contribution in [0.1, 0.15) is 22.8 Å². The van der Waals surface area contributed by atoms with Crippen LogP contribution in [-0.4, -0.2) is 25.7 Å². The molecule has 0 atom stereocenters. The number of carbonyl (C=O) groups excluding carboxylic acids is 1. The smallest absolute Gasteiger partial charge is 0.271 e. The van der Waals surface area contributed by atoms with Gasteiger partial charge in [0.1, 0.15) is 0 Å². The molecule has 2 rings (SSSR count). The maximum Gasteiger partial charge on any atom is 0.271 e. The summed E-state index contributed by atoms with van der Waals surface area (Å²) in [5.41, 5.74) is 5.66. The van der Waals surface area contributed by atoms with Crippen LogP contribution >= 0.6 is 11.6 Å². The van der Waals surface area contributed by atoms with Crippen molar-refractivity contribution in [2.75, 3.05) is 19.0 Å². The van der Waals surface area contributed by atoms with Gasteiger partial charge in [-0.05, 0) is 42.8 Å². The van der Waals surface area contributed by atoms with Gasteiger partial charge in [0.2, 0.25) is 0 Å². The van der Waals surface area contributed by atoms with Gasteiger partial charge in [0, 0.05) is 30.4 Å². The van der Waals surface area contributed by atoms with E-state index >= 15 is 0 Å². The molecule has 1 N–H and O–H groups in total. The van der Waals surface area contributed by atoms with Gasteiger partial charge in [-0.15, -0.1) is 0 Å². The van der Waals surface area contributed by atoms with Crippen LogP contribution in [0.2, 0.25) is 5.02 Å². The lowest BCUT2D eigenvalue weighted by Gasteiger charge is -2.13. The van der Waals surface area contributed by atoms with E-state index in [2.05, 4.69) is 10.5 Å². The molecule has 0 saturated carbocycles. The van der Waals surface area contributed by atoms with Crippen LogP contribution in [0, 0.1) is 0 Å². The quantitative estimate of drug-likeness (QED) is 0.692. The molecule has 0 aliphatic carbocycles. The van der Waals surface area contributed by atoms with Crippen molar-refractivity contribution < 1.29 is 4.79 Å². The summed E-state index contributed by atoms with van der Waals surface area (Å²) in [6.07, 6.45) is 0. The number of benzene rings is 2. The molecule has 0 heterocycles. The van der Waals surface area contributed by atoms with Gasteiger partial charge in [-0.25, -0.2) is 5.43 Å². The molecule has 0 aromatic heterocycles. The molecule has 22 heavy (non-hydrogen) atoms. The highest BCUT2D eigenvalue weighted by atomic mass is 35.5. The Balaban J connectivity index is 2.12. The summed E-state index contributed by atoms with van der Waals surface area (Å²) in [4.78, 5) is 14.1. The summed E-state index contributed by atoms with van der Waals surface area (Å²) in [6, 6.07) is 14.7. The first kappa shape index (κ1) is 16.0. The maximum atomic E-state index is 12.2. The van der Waals surface area contributed by atoms with Crippen molar-refractivity contribution >= 4 is 28.9 Å². The second-order valence-corrected chi connectivity index (χ2v) is 5.53. The van der Waals surface area contributed by atoms with Gasteiger partial charge in [-0.2, -0.15) is 5.10 Å². The zero-order valence-corrected chi connectivity index (χ0v) is 13.6. The molecule has 5 heteroatoms. The largest absolute Gasteiger partial charge is 0.378 e. The molecule has 0 unspecified atom stereocenters. The van der Waals surface area contributed by atoms with Gasteiger partial charge in [0.05, 0.1) is 5.71 Å². The minimum Gasteiger partial charge on any atom is -0.378 e. The van der Waals surface area contributed by atoms with Gasteiger partial charge in [0.15, 0.2) is 0 Å². The second kappa shape index (κ2) is 7.09. The Morgan fingerprint density at radius 1 is 1.09 bits per heavy atom. The number of anilines is 1. The number of hydrogen-bond donors (Lipinski definition) is 1. The predicted octanol–water partition coefficient (Wildman–Crippen LogP) is 3.56. The molecule has 0 fully saturated rings. The number of hydrogen-bond acceptors (Lipinski definition) is 3. The molecule has 0 spiro atoms. The molecule has 0 radical (unpaired) electrons. The van der Waals surface area contributed by atoms with Crippen molar-refractivity contribution in [1.82, 2.24) is 5.43 Å². The SMILES string of the molecule is C/C(=N\NC(=O)c1cccc(N(C)C)c1)c1cccc(Cl)c1. The monoisotopic (exact) mass is 315 g/mol. The van der Waals surface area contributed by atoms with E-state index in [0.717, 1.165) is 11.3 Å². The summed E-state index contributed by atoms with van der Waals surface area (Å²) in [5.74, 6) is -0.245. The normalized spacial score (nSPS) is 11.2. The molecule has 1 amide bonds. The fourth-order valence-electron chi connectivity index (χ4n) is 1.90. The Morgan fingerprint density at radius 3 is 2.45 bits per heavy atom. The van der Waals surface area contributed by atoms with Crippen molar-refractivity contribution in [2.24, 2.45) is 5.10 Å². The van der Waals surface area contributed by atoms with Crippen LogP contribution in [0.25, 0.3) is 0 Å². The number of carbonyl (C=O) groups is 1. The number of nitrogens with zero attached hydrogens (tertiary/aromatic N) is 2. The lowest BCUT2D eigenvalue weighted by atomic mass is 10.1. The highest BCUT2D eigenvalue weighted by Gasteiger charge is 2.07. The lowest BCUT2D eigenvalue weighted by Crippen LogP contribution is -2.20. The summed E-state index contributed by atoms with van der Waals surface area (Å²) in [5, 5.41) is 4.77. The standard InChI is InChI=1S/C17H18ClN3O/c1-12(13-6-4-8-15(18)10-13)19-20-17(22)14-7-5-9-16(11-14)21(2)3/h4-11H,1-3H3,(H,20,22)/b19-12+. The van der Waals surface area contributed by atoms with Gasteiger partial charge >= 0.3 is 0 Å². The van der Waals surface area contributed by atoms with Gasteiger partial charge in [0.25, 0.3) is 5.91 Å². The van der Waals surface area contributed by atoms with Crippen molar-refractivity contribution in [3.05, 3.63) is 64.7 Å².